The summed E-state index contributed by atoms with van der Waals surface area (Å²) in [7, 11) is 0. The van der Waals surface area contributed by atoms with E-state index in [1.165, 1.54) is 12.1 Å². The molecule has 3 aliphatic heterocycles. The van der Waals surface area contributed by atoms with Crippen molar-refractivity contribution < 1.29 is 32.6 Å². The van der Waals surface area contributed by atoms with E-state index in [9.17, 15) is 23.2 Å². The molecule has 1 unspecified atom stereocenters. The number of amides is 3. The quantitative estimate of drug-likeness (QED) is 0.602. The number of morpholine rings is 1. The lowest BCUT2D eigenvalue weighted by Gasteiger charge is -2.74. The first-order valence-corrected chi connectivity index (χ1v) is 12.2. The summed E-state index contributed by atoms with van der Waals surface area (Å²) in [5, 5.41) is 5.15. The molecule has 3 amide bonds. The molecule has 6 aliphatic rings. The van der Waals surface area contributed by atoms with Gasteiger partial charge in [0.05, 0.1) is 32.2 Å². The Hall–Kier alpha value is -2.79. The van der Waals surface area contributed by atoms with Crippen LogP contribution in [0.4, 0.5) is 19.3 Å². The van der Waals surface area contributed by atoms with Crippen molar-refractivity contribution in [3.63, 3.8) is 0 Å². The molecule has 9 nitrogen and oxygen atoms in total. The number of rotatable bonds is 5. The minimum Gasteiger partial charge on any atom is -0.442 e. The van der Waals surface area contributed by atoms with Crippen LogP contribution in [0.3, 0.4) is 0 Å². The Kier molecular flexibility index (Phi) is 5.26. The molecule has 6 fully saturated rings. The molecule has 1 atom stereocenters. The number of imide groups is 1. The fourth-order valence-corrected chi connectivity index (χ4v) is 6.42. The third-order valence-electron chi connectivity index (χ3n) is 8.19. The second-order valence-corrected chi connectivity index (χ2v) is 10.5. The van der Waals surface area contributed by atoms with Crippen LogP contribution in [0.2, 0.25) is 0 Å². The van der Waals surface area contributed by atoms with E-state index in [1.54, 1.807) is 4.90 Å². The van der Waals surface area contributed by atoms with Gasteiger partial charge in [-0.2, -0.15) is 0 Å². The van der Waals surface area contributed by atoms with Crippen LogP contribution in [-0.4, -0.2) is 79.4 Å². The third-order valence-corrected chi connectivity index (χ3v) is 8.19. The van der Waals surface area contributed by atoms with Crippen molar-refractivity contribution >= 4 is 23.6 Å². The van der Waals surface area contributed by atoms with E-state index >= 15 is 0 Å². The normalized spacial score (nSPS) is 32.7. The zero-order valence-electron chi connectivity index (χ0n) is 19.3. The summed E-state index contributed by atoms with van der Waals surface area (Å²) in [6.45, 7) is 4.05. The molecule has 7 rings (SSSR count). The van der Waals surface area contributed by atoms with Crippen LogP contribution >= 0.6 is 0 Å². The van der Waals surface area contributed by atoms with Gasteiger partial charge in [-0.3, -0.25) is 19.8 Å². The summed E-state index contributed by atoms with van der Waals surface area (Å²) < 4.78 is 40.5. The summed E-state index contributed by atoms with van der Waals surface area (Å²) in [5.74, 6) is -3.80. The maximum atomic E-state index is 14.8. The average molecular weight is 491 g/mol. The molecule has 1 aromatic rings. The van der Waals surface area contributed by atoms with E-state index in [2.05, 4.69) is 15.5 Å². The Morgan fingerprint density at radius 1 is 1.11 bits per heavy atom. The molecular formula is C24H28F2N4O5. The first-order chi connectivity index (χ1) is 16.8. The van der Waals surface area contributed by atoms with Crippen molar-refractivity contribution in [2.24, 2.45) is 0 Å². The number of piperidine rings is 1. The number of carbonyl (C=O) groups is 3. The van der Waals surface area contributed by atoms with Crippen molar-refractivity contribution in [1.29, 1.82) is 0 Å². The predicted octanol–water partition coefficient (Wildman–Crippen LogP) is 1.41. The smallest absolute Gasteiger partial charge is 0.407 e. The fourth-order valence-electron chi connectivity index (χ4n) is 6.42. The van der Waals surface area contributed by atoms with Crippen molar-refractivity contribution in [3.8, 4) is 0 Å². The monoisotopic (exact) mass is 490 g/mol. The third kappa shape index (κ3) is 3.85. The van der Waals surface area contributed by atoms with Crippen molar-refractivity contribution in [2.75, 3.05) is 44.3 Å². The van der Waals surface area contributed by atoms with Gasteiger partial charge in [0, 0.05) is 41.8 Å². The van der Waals surface area contributed by atoms with Gasteiger partial charge in [0.2, 0.25) is 11.8 Å². The second-order valence-electron chi connectivity index (χ2n) is 10.5. The zero-order chi connectivity index (χ0) is 24.4. The SMILES string of the molecule is O=C1CCC(c2c(F)cc(N3CC(OC(=O)NC45CC(N6CCOCC6)(C4)C5)C3)cc2F)C(=O)N1. The lowest BCUT2D eigenvalue weighted by Crippen LogP contribution is -2.84. The molecule has 1 aromatic carbocycles. The number of carbonyl (C=O) groups excluding carboxylic acids is 3. The van der Waals surface area contributed by atoms with Crippen LogP contribution in [0.5, 0.6) is 0 Å². The van der Waals surface area contributed by atoms with E-state index in [0.29, 0.717) is 18.8 Å². The number of hydrogen-bond acceptors (Lipinski definition) is 7. The lowest BCUT2D eigenvalue weighted by molar-refractivity contribution is -0.193. The first-order valence-electron chi connectivity index (χ1n) is 12.2. The number of halogens is 2. The van der Waals surface area contributed by atoms with Crippen molar-refractivity contribution in [2.45, 2.75) is 55.2 Å². The highest BCUT2D eigenvalue weighted by Crippen LogP contribution is 2.63. The Morgan fingerprint density at radius 3 is 2.40 bits per heavy atom. The molecule has 2 bridgehead atoms. The van der Waals surface area contributed by atoms with E-state index in [-0.39, 0.29) is 35.6 Å². The molecule has 11 heteroatoms. The number of nitrogens with zero attached hydrogens (tertiary/aromatic N) is 2. The minimum absolute atomic E-state index is 0.0414. The van der Waals surface area contributed by atoms with Crippen LogP contribution in [0.15, 0.2) is 12.1 Å². The first kappa shape index (κ1) is 22.7. The highest BCUT2D eigenvalue weighted by molar-refractivity contribution is 6.01. The zero-order valence-corrected chi connectivity index (χ0v) is 19.3. The Labute approximate surface area is 201 Å². The van der Waals surface area contributed by atoms with Gasteiger partial charge in [0.1, 0.15) is 17.7 Å². The summed E-state index contributed by atoms with van der Waals surface area (Å²) in [5.41, 5.74) is 0.0399. The molecule has 3 heterocycles. The van der Waals surface area contributed by atoms with Gasteiger partial charge in [-0.05, 0) is 37.8 Å². The number of anilines is 1. The average Bonchev–Trinajstić information content (AvgIpc) is 2.73. The maximum Gasteiger partial charge on any atom is 0.407 e. The van der Waals surface area contributed by atoms with Gasteiger partial charge in [-0.25, -0.2) is 13.6 Å². The van der Waals surface area contributed by atoms with Gasteiger partial charge >= 0.3 is 6.09 Å². The topological polar surface area (TPSA) is 100 Å². The van der Waals surface area contributed by atoms with E-state index in [0.717, 1.165) is 45.6 Å². The number of hydrogen-bond donors (Lipinski definition) is 2. The molecule has 35 heavy (non-hydrogen) atoms. The maximum absolute atomic E-state index is 14.8. The van der Waals surface area contributed by atoms with Crippen LogP contribution in [0, 0.1) is 11.6 Å². The highest BCUT2D eigenvalue weighted by Gasteiger charge is 2.71. The molecule has 0 aromatic heterocycles. The van der Waals surface area contributed by atoms with Crippen LogP contribution in [-0.2, 0) is 19.1 Å². The summed E-state index contributed by atoms with van der Waals surface area (Å²) >= 11 is 0. The van der Waals surface area contributed by atoms with Crippen LogP contribution in [0.25, 0.3) is 0 Å². The van der Waals surface area contributed by atoms with E-state index < -0.39 is 35.5 Å². The van der Waals surface area contributed by atoms with E-state index in [4.69, 9.17) is 9.47 Å². The largest absolute Gasteiger partial charge is 0.442 e. The number of benzene rings is 1. The number of nitrogens with one attached hydrogen (secondary N) is 2. The van der Waals surface area contributed by atoms with E-state index in [1.807, 2.05) is 0 Å². The summed E-state index contributed by atoms with van der Waals surface area (Å²) in [6.07, 6.45) is 2.10. The lowest BCUT2D eigenvalue weighted by atomic mass is 9.43. The molecule has 188 valence electrons. The van der Waals surface area contributed by atoms with Gasteiger partial charge in [-0.15, -0.1) is 0 Å². The predicted molar refractivity (Wildman–Crippen MR) is 119 cm³/mol. The van der Waals surface area contributed by atoms with Crippen LogP contribution < -0.4 is 15.5 Å². The molecule has 3 saturated carbocycles. The van der Waals surface area contributed by atoms with Gasteiger partial charge in [0.15, 0.2) is 0 Å². The molecule has 0 spiro atoms. The molecule has 3 aliphatic carbocycles. The Morgan fingerprint density at radius 2 is 1.77 bits per heavy atom. The molecular weight excluding hydrogens is 462 g/mol. The second kappa shape index (κ2) is 8.12. The highest BCUT2D eigenvalue weighted by atomic mass is 19.1. The fraction of sp³-hybridized carbons (Fsp3) is 0.625. The number of ether oxygens (including phenoxy) is 2. The van der Waals surface area contributed by atoms with Gasteiger partial charge in [-0.1, -0.05) is 0 Å². The van der Waals surface area contributed by atoms with Gasteiger partial charge < -0.3 is 19.7 Å². The summed E-state index contributed by atoms with van der Waals surface area (Å²) in [6, 6.07) is 2.37. The van der Waals surface area contributed by atoms with Crippen molar-refractivity contribution in [3.05, 3.63) is 29.3 Å². The van der Waals surface area contributed by atoms with Crippen molar-refractivity contribution in [1.82, 2.24) is 15.5 Å². The Bertz CT molecular complexity index is 1040. The molecule has 3 saturated heterocycles. The Balaban J connectivity index is 0.994. The van der Waals surface area contributed by atoms with Crippen LogP contribution in [0.1, 0.15) is 43.6 Å². The standard InChI is InChI=1S/C24H28F2N4O5/c25-17-7-14(8-18(26)20(17)16-1-2-19(31)27-21(16)32)29-9-15(10-29)35-22(33)28-23-11-24(12-23,13-23)30-3-5-34-6-4-30/h7-8,15-16H,1-6,9-13H2,(H,28,33)(H,27,31,32). The number of alkyl carbamates (subject to hydrolysis) is 1. The molecule has 2 N–H and O–H groups in total. The van der Waals surface area contributed by atoms with Gasteiger partial charge in [0.25, 0.3) is 0 Å². The molecule has 0 radical (unpaired) electrons. The summed E-state index contributed by atoms with van der Waals surface area (Å²) in [4.78, 5) is 40.0. The minimum atomic E-state index is -1.03.